The summed E-state index contributed by atoms with van der Waals surface area (Å²) >= 11 is 0. The molecule has 166 valence electrons. The van der Waals surface area contributed by atoms with E-state index in [9.17, 15) is 9.50 Å². The van der Waals surface area contributed by atoms with Crippen molar-refractivity contribution in [2.24, 2.45) is 0 Å². The van der Waals surface area contributed by atoms with Gasteiger partial charge < -0.3 is 14.4 Å². The number of aromatic nitrogens is 1. The van der Waals surface area contributed by atoms with Crippen molar-refractivity contribution in [3.05, 3.63) is 76.4 Å². The Morgan fingerprint density at radius 2 is 1.78 bits per heavy atom. The minimum Gasteiger partial charge on any atom is -0.489 e. The molecular formula is C26H27FN2O3. The largest absolute Gasteiger partial charge is 0.489 e. The SMILES string of the molecule is Cc1noc(C)c1-c1ccc2c(c1)C(c1ccc(F)cc1)=C(CN1CCC(O)CC1)CO2. The summed E-state index contributed by atoms with van der Waals surface area (Å²) in [6, 6.07) is 12.8. The summed E-state index contributed by atoms with van der Waals surface area (Å²) in [5.74, 6) is 1.34. The molecule has 5 rings (SSSR count). The third kappa shape index (κ3) is 3.96. The number of benzene rings is 2. The number of halogens is 1. The van der Waals surface area contributed by atoms with Crippen molar-refractivity contribution in [2.75, 3.05) is 26.2 Å². The molecule has 1 fully saturated rings. The maximum atomic E-state index is 13.7. The Morgan fingerprint density at radius 1 is 1.06 bits per heavy atom. The molecule has 2 aliphatic rings. The minimum atomic E-state index is -0.252. The average Bonchev–Trinajstić information content (AvgIpc) is 3.13. The Hall–Kier alpha value is -2.96. The number of rotatable bonds is 4. The van der Waals surface area contributed by atoms with E-state index in [1.54, 1.807) is 0 Å². The van der Waals surface area contributed by atoms with E-state index >= 15 is 0 Å². The fourth-order valence-electron chi connectivity index (χ4n) is 4.78. The van der Waals surface area contributed by atoms with Crippen molar-refractivity contribution in [2.45, 2.75) is 32.8 Å². The normalized spacial score (nSPS) is 17.4. The van der Waals surface area contributed by atoms with Gasteiger partial charge in [0.15, 0.2) is 0 Å². The van der Waals surface area contributed by atoms with Gasteiger partial charge in [-0.1, -0.05) is 23.4 Å². The molecule has 2 aliphatic heterocycles. The quantitative estimate of drug-likeness (QED) is 0.642. The fourth-order valence-corrected chi connectivity index (χ4v) is 4.78. The zero-order valence-electron chi connectivity index (χ0n) is 18.4. The third-order valence-corrected chi connectivity index (χ3v) is 6.43. The number of fused-ring (bicyclic) bond motifs is 1. The molecule has 1 N–H and O–H groups in total. The molecule has 3 heterocycles. The molecule has 1 saturated heterocycles. The highest BCUT2D eigenvalue weighted by Crippen LogP contribution is 2.41. The summed E-state index contributed by atoms with van der Waals surface area (Å²) in [4.78, 5) is 2.36. The van der Waals surface area contributed by atoms with Crippen LogP contribution >= 0.6 is 0 Å². The number of piperidine rings is 1. The van der Waals surface area contributed by atoms with Gasteiger partial charge in [-0.05, 0) is 73.2 Å². The van der Waals surface area contributed by atoms with Crippen LogP contribution < -0.4 is 4.74 Å². The number of hydrogen-bond acceptors (Lipinski definition) is 5. The van der Waals surface area contributed by atoms with Crippen LogP contribution in [0.2, 0.25) is 0 Å². The number of hydrogen-bond donors (Lipinski definition) is 1. The van der Waals surface area contributed by atoms with E-state index < -0.39 is 0 Å². The van der Waals surface area contributed by atoms with Gasteiger partial charge in [-0.3, -0.25) is 4.90 Å². The first-order chi connectivity index (χ1) is 15.5. The summed E-state index contributed by atoms with van der Waals surface area (Å²) in [5, 5.41) is 14.0. The van der Waals surface area contributed by atoms with Crippen LogP contribution in [0.15, 0.2) is 52.6 Å². The lowest BCUT2D eigenvalue weighted by atomic mass is 9.88. The molecule has 6 heteroatoms. The lowest BCUT2D eigenvalue weighted by Crippen LogP contribution is -2.38. The molecular weight excluding hydrogens is 407 g/mol. The van der Waals surface area contributed by atoms with Gasteiger partial charge in [-0.2, -0.15) is 0 Å². The molecule has 0 radical (unpaired) electrons. The van der Waals surface area contributed by atoms with E-state index in [0.29, 0.717) is 6.61 Å². The van der Waals surface area contributed by atoms with E-state index in [4.69, 9.17) is 9.26 Å². The molecule has 0 bridgehead atoms. The molecule has 0 atom stereocenters. The van der Waals surface area contributed by atoms with Crippen LogP contribution in [0.4, 0.5) is 4.39 Å². The molecule has 0 aliphatic carbocycles. The summed E-state index contributed by atoms with van der Waals surface area (Å²) in [6.45, 7) is 6.81. The maximum absolute atomic E-state index is 13.7. The zero-order valence-corrected chi connectivity index (χ0v) is 18.4. The van der Waals surface area contributed by atoms with E-state index in [1.165, 1.54) is 12.1 Å². The molecule has 0 amide bonds. The highest BCUT2D eigenvalue weighted by molar-refractivity contribution is 5.88. The second-order valence-corrected chi connectivity index (χ2v) is 8.69. The number of aliphatic hydroxyl groups is 1. The molecule has 1 aromatic heterocycles. The lowest BCUT2D eigenvalue weighted by molar-refractivity contribution is 0.0858. The van der Waals surface area contributed by atoms with Gasteiger partial charge in [0.1, 0.15) is 23.9 Å². The molecule has 2 aromatic carbocycles. The summed E-state index contributed by atoms with van der Waals surface area (Å²) in [5.41, 5.74) is 7.07. The predicted octanol–water partition coefficient (Wildman–Crippen LogP) is 4.75. The van der Waals surface area contributed by atoms with Gasteiger partial charge in [0.25, 0.3) is 0 Å². The molecule has 32 heavy (non-hydrogen) atoms. The van der Waals surface area contributed by atoms with E-state index in [2.05, 4.69) is 16.1 Å². The summed E-state index contributed by atoms with van der Waals surface area (Å²) in [6.07, 6.45) is 1.36. The fraction of sp³-hybridized carbons (Fsp3) is 0.346. The highest BCUT2D eigenvalue weighted by atomic mass is 19.1. The van der Waals surface area contributed by atoms with Gasteiger partial charge in [0.05, 0.1) is 11.8 Å². The monoisotopic (exact) mass is 434 g/mol. The Labute approximate surface area is 187 Å². The smallest absolute Gasteiger partial charge is 0.141 e. The van der Waals surface area contributed by atoms with Crippen molar-refractivity contribution in [3.8, 4) is 16.9 Å². The Kier molecular flexibility index (Phi) is 5.57. The zero-order chi connectivity index (χ0) is 22.2. The van der Waals surface area contributed by atoms with Gasteiger partial charge in [0, 0.05) is 30.8 Å². The minimum absolute atomic E-state index is 0.210. The van der Waals surface area contributed by atoms with Crippen molar-refractivity contribution in [1.29, 1.82) is 0 Å². The number of aryl methyl sites for hydroxylation is 2. The van der Waals surface area contributed by atoms with Crippen molar-refractivity contribution in [3.63, 3.8) is 0 Å². The summed E-state index contributed by atoms with van der Waals surface area (Å²) < 4.78 is 25.3. The second-order valence-electron chi connectivity index (χ2n) is 8.69. The molecule has 3 aromatic rings. The van der Waals surface area contributed by atoms with Crippen molar-refractivity contribution in [1.82, 2.24) is 10.1 Å². The van der Waals surface area contributed by atoms with Crippen molar-refractivity contribution >= 4 is 5.57 Å². The van der Waals surface area contributed by atoms with Gasteiger partial charge in [-0.15, -0.1) is 0 Å². The van der Waals surface area contributed by atoms with Crippen LogP contribution in [0.3, 0.4) is 0 Å². The summed E-state index contributed by atoms with van der Waals surface area (Å²) in [7, 11) is 0. The first-order valence-corrected chi connectivity index (χ1v) is 11.1. The van der Waals surface area contributed by atoms with Crippen LogP contribution in [-0.4, -0.2) is 47.5 Å². The van der Waals surface area contributed by atoms with E-state index in [0.717, 1.165) is 83.1 Å². The molecule has 0 saturated carbocycles. The van der Waals surface area contributed by atoms with Crippen molar-refractivity contribution < 1.29 is 18.8 Å². The molecule has 0 spiro atoms. The van der Waals surface area contributed by atoms with Gasteiger partial charge in [-0.25, -0.2) is 4.39 Å². The maximum Gasteiger partial charge on any atom is 0.141 e. The Balaban J connectivity index is 1.61. The second kappa shape index (κ2) is 8.52. The number of aliphatic hydroxyl groups excluding tert-OH is 1. The lowest BCUT2D eigenvalue weighted by Gasteiger charge is -2.33. The molecule has 0 unspecified atom stereocenters. The van der Waals surface area contributed by atoms with Crippen LogP contribution in [0.5, 0.6) is 5.75 Å². The van der Waals surface area contributed by atoms with Crippen LogP contribution in [0.25, 0.3) is 16.7 Å². The topological polar surface area (TPSA) is 58.7 Å². The highest BCUT2D eigenvalue weighted by Gasteiger charge is 2.26. The molecule has 5 nitrogen and oxygen atoms in total. The Bertz CT molecular complexity index is 1140. The van der Waals surface area contributed by atoms with Crippen LogP contribution in [0.1, 0.15) is 35.4 Å². The van der Waals surface area contributed by atoms with E-state index in [1.807, 2.05) is 38.1 Å². The van der Waals surface area contributed by atoms with Gasteiger partial charge in [0.2, 0.25) is 0 Å². The van der Waals surface area contributed by atoms with Gasteiger partial charge >= 0.3 is 0 Å². The number of ether oxygens (including phenoxy) is 1. The number of nitrogens with zero attached hydrogens (tertiary/aromatic N) is 2. The third-order valence-electron chi connectivity index (χ3n) is 6.43. The van der Waals surface area contributed by atoms with Crippen LogP contribution in [-0.2, 0) is 0 Å². The first-order valence-electron chi connectivity index (χ1n) is 11.1. The standard InChI is InChI=1S/C26H27FN2O3/c1-16-25(17(2)32-28-16)19-5-8-24-23(13-19)26(18-3-6-21(27)7-4-18)20(15-31-24)14-29-11-9-22(30)10-12-29/h3-8,13,22,30H,9-12,14-15H2,1-2H3. The first kappa shape index (κ1) is 20.9. The predicted molar refractivity (Wildman–Crippen MR) is 121 cm³/mol. The average molecular weight is 435 g/mol. The Morgan fingerprint density at radius 3 is 2.47 bits per heavy atom. The van der Waals surface area contributed by atoms with Crippen LogP contribution in [0, 0.1) is 19.7 Å². The number of likely N-dealkylation sites (tertiary alicyclic amines) is 1. The van der Waals surface area contributed by atoms with E-state index in [-0.39, 0.29) is 11.9 Å².